The summed E-state index contributed by atoms with van der Waals surface area (Å²) in [5.41, 5.74) is 1.33. The Morgan fingerprint density at radius 1 is 1.17 bits per heavy atom. The van der Waals surface area contributed by atoms with Gasteiger partial charge in [0.1, 0.15) is 18.1 Å². The molecule has 2 N–H and O–H groups in total. The van der Waals surface area contributed by atoms with Gasteiger partial charge in [0.25, 0.3) is 5.91 Å². The van der Waals surface area contributed by atoms with Gasteiger partial charge in [-0.15, -0.1) is 0 Å². The predicted octanol–water partition coefficient (Wildman–Crippen LogP) is 2.81. The summed E-state index contributed by atoms with van der Waals surface area (Å²) in [6, 6.07) is 11.6. The average Bonchev–Trinajstić information content (AvgIpc) is 2.61. The van der Waals surface area contributed by atoms with Crippen molar-refractivity contribution in [3.8, 4) is 11.5 Å². The summed E-state index contributed by atoms with van der Waals surface area (Å²) in [5, 5.41) is 11.8. The highest BCUT2D eigenvalue weighted by Crippen LogP contribution is 2.34. The number of carbonyl (C=O) groups excluding carboxylic acids is 1. The molecule has 6 nitrogen and oxygen atoms in total. The highest BCUT2D eigenvalue weighted by Gasteiger charge is 2.21. The maximum absolute atomic E-state index is 12.5. The van der Waals surface area contributed by atoms with Crippen LogP contribution in [0.4, 0.5) is 5.69 Å². The van der Waals surface area contributed by atoms with Crippen molar-refractivity contribution < 1.29 is 24.2 Å². The number of amides is 1. The van der Waals surface area contributed by atoms with Gasteiger partial charge in [0, 0.05) is 0 Å². The van der Waals surface area contributed by atoms with E-state index < -0.39 is 11.9 Å². The number of hydrogen-bond acceptors (Lipinski definition) is 4. The summed E-state index contributed by atoms with van der Waals surface area (Å²) in [4.78, 5) is 23.7. The van der Waals surface area contributed by atoms with Crippen molar-refractivity contribution >= 4 is 23.6 Å². The number of rotatable bonds is 4. The number of fused-ring (bicyclic) bond motifs is 1. The molecule has 0 spiro atoms. The van der Waals surface area contributed by atoms with Crippen LogP contribution >= 0.6 is 0 Å². The molecule has 0 aliphatic carbocycles. The van der Waals surface area contributed by atoms with E-state index in [-0.39, 0.29) is 17.9 Å². The molecule has 0 atom stereocenters. The minimum absolute atomic E-state index is 0.0289. The molecule has 122 valence electrons. The first kappa shape index (κ1) is 15.6. The number of aromatic carboxylic acids is 1. The molecule has 6 heteroatoms. The number of hydrogen-bond donors (Lipinski definition) is 2. The lowest BCUT2D eigenvalue weighted by Gasteiger charge is -2.19. The molecule has 1 heterocycles. The van der Waals surface area contributed by atoms with Crippen LogP contribution in [-0.2, 0) is 4.79 Å². The third-order valence-corrected chi connectivity index (χ3v) is 3.65. The van der Waals surface area contributed by atoms with Crippen LogP contribution in [0.2, 0.25) is 0 Å². The lowest BCUT2D eigenvalue weighted by molar-refractivity contribution is -0.113. The van der Waals surface area contributed by atoms with E-state index in [0.29, 0.717) is 22.6 Å². The summed E-state index contributed by atoms with van der Waals surface area (Å²) in [7, 11) is 1.54. The Morgan fingerprint density at radius 2 is 1.96 bits per heavy atom. The minimum Gasteiger partial charge on any atom is -0.496 e. The fourth-order valence-electron chi connectivity index (χ4n) is 2.45. The monoisotopic (exact) mass is 325 g/mol. The standard InChI is InChI=1S/C18H15NO5/c1-23-15-7-4-8-16-13(15)9-11(10-24-16)17(20)19-14-6-3-2-5-12(14)18(21)22/h2-9H,10H2,1H3,(H,19,20)(H,21,22). The zero-order valence-corrected chi connectivity index (χ0v) is 12.9. The van der Waals surface area contributed by atoms with Gasteiger partial charge in [-0.25, -0.2) is 4.79 Å². The lowest BCUT2D eigenvalue weighted by Crippen LogP contribution is -2.22. The molecule has 0 saturated heterocycles. The SMILES string of the molecule is COc1cccc2c1C=C(C(=O)Nc1ccccc1C(=O)O)CO2. The fraction of sp³-hybridized carbons (Fsp3) is 0.111. The van der Waals surface area contributed by atoms with Gasteiger partial charge in [0.05, 0.1) is 29.5 Å². The van der Waals surface area contributed by atoms with Crippen LogP contribution in [-0.4, -0.2) is 30.7 Å². The quantitative estimate of drug-likeness (QED) is 0.903. The molecular weight excluding hydrogens is 310 g/mol. The number of ether oxygens (including phenoxy) is 2. The number of carboxylic acid groups (broad SMARTS) is 1. The van der Waals surface area contributed by atoms with E-state index in [9.17, 15) is 14.7 Å². The molecule has 1 aliphatic heterocycles. The van der Waals surface area contributed by atoms with Crippen LogP contribution in [0.3, 0.4) is 0 Å². The number of para-hydroxylation sites is 1. The summed E-state index contributed by atoms with van der Waals surface area (Å²) >= 11 is 0. The Kier molecular flexibility index (Phi) is 4.20. The van der Waals surface area contributed by atoms with Crippen LogP contribution in [0.5, 0.6) is 11.5 Å². The molecule has 0 saturated carbocycles. The van der Waals surface area contributed by atoms with E-state index in [1.54, 1.807) is 49.6 Å². The van der Waals surface area contributed by atoms with Crippen molar-refractivity contribution in [1.82, 2.24) is 0 Å². The largest absolute Gasteiger partial charge is 0.496 e. The zero-order valence-electron chi connectivity index (χ0n) is 12.9. The number of methoxy groups -OCH3 is 1. The van der Waals surface area contributed by atoms with Crippen LogP contribution < -0.4 is 14.8 Å². The number of nitrogens with one attached hydrogen (secondary N) is 1. The zero-order chi connectivity index (χ0) is 17.1. The van der Waals surface area contributed by atoms with Crippen LogP contribution in [0.15, 0.2) is 48.0 Å². The number of anilines is 1. The molecule has 0 bridgehead atoms. The van der Waals surface area contributed by atoms with E-state index >= 15 is 0 Å². The van der Waals surface area contributed by atoms with Crippen molar-refractivity contribution in [1.29, 1.82) is 0 Å². The first-order valence-corrected chi connectivity index (χ1v) is 7.24. The smallest absolute Gasteiger partial charge is 0.337 e. The van der Waals surface area contributed by atoms with E-state index in [2.05, 4.69) is 5.32 Å². The Hall–Kier alpha value is -3.28. The molecule has 0 fully saturated rings. The third-order valence-electron chi connectivity index (χ3n) is 3.65. The van der Waals surface area contributed by atoms with Crippen molar-refractivity contribution in [3.63, 3.8) is 0 Å². The van der Waals surface area contributed by atoms with Gasteiger partial charge in [-0.2, -0.15) is 0 Å². The van der Waals surface area contributed by atoms with Gasteiger partial charge in [-0.3, -0.25) is 4.79 Å². The van der Waals surface area contributed by atoms with Crippen molar-refractivity contribution in [2.75, 3.05) is 19.0 Å². The van der Waals surface area contributed by atoms with E-state index in [1.165, 1.54) is 6.07 Å². The van der Waals surface area contributed by atoms with Gasteiger partial charge in [0.2, 0.25) is 0 Å². The number of carboxylic acids is 1. The maximum atomic E-state index is 12.5. The molecule has 2 aromatic rings. The molecule has 0 unspecified atom stereocenters. The van der Waals surface area contributed by atoms with Crippen molar-refractivity contribution in [2.45, 2.75) is 0 Å². The Balaban J connectivity index is 1.89. The van der Waals surface area contributed by atoms with E-state index in [4.69, 9.17) is 9.47 Å². The second-order valence-corrected chi connectivity index (χ2v) is 5.14. The molecule has 2 aromatic carbocycles. The van der Waals surface area contributed by atoms with Gasteiger partial charge in [-0.1, -0.05) is 18.2 Å². The second kappa shape index (κ2) is 6.45. The third kappa shape index (κ3) is 2.94. The fourth-order valence-corrected chi connectivity index (χ4v) is 2.45. The molecule has 0 radical (unpaired) electrons. The van der Waals surface area contributed by atoms with E-state index in [1.807, 2.05) is 0 Å². The van der Waals surface area contributed by atoms with Crippen molar-refractivity contribution in [3.05, 3.63) is 59.2 Å². The predicted molar refractivity (Wildman–Crippen MR) is 88.5 cm³/mol. The second-order valence-electron chi connectivity index (χ2n) is 5.14. The highest BCUT2D eigenvalue weighted by atomic mass is 16.5. The van der Waals surface area contributed by atoms with Crippen LogP contribution in [0.25, 0.3) is 6.08 Å². The average molecular weight is 325 g/mol. The number of carbonyl (C=O) groups is 2. The Morgan fingerprint density at radius 3 is 2.71 bits per heavy atom. The lowest BCUT2D eigenvalue weighted by atomic mass is 10.1. The van der Waals surface area contributed by atoms with Gasteiger partial charge in [-0.05, 0) is 30.3 Å². The first-order valence-electron chi connectivity index (χ1n) is 7.24. The van der Waals surface area contributed by atoms with Gasteiger partial charge < -0.3 is 19.9 Å². The Labute approximate surface area is 138 Å². The molecular formula is C18H15NO5. The van der Waals surface area contributed by atoms with Crippen LogP contribution in [0.1, 0.15) is 15.9 Å². The molecule has 3 rings (SSSR count). The van der Waals surface area contributed by atoms with Gasteiger partial charge >= 0.3 is 5.97 Å². The topological polar surface area (TPSA) is 84.9 Å². The normalized spacial score (nSPS) is 12.5. The molecule has 1 amide bonds. The first-order chi connectivity index (χ1) is 11.6. The highest BCUT2D eigenvalue weighted by molar-refractivity contribution is 6.10. The summed E-state index contributed by atoms with van der Waals surface area (Å²) < 4.78 is 10.9. The Bertz CT molecular complexity index is 841. The van der Waals surface area contributed by atoms with Gasteiger partial charge in [0.15, 0.2) is 0 Å². The maximum Gasteiger partial charge on any atom is 0.337 e. The summed E-state index contributed by atoms with van der Waals surface area (Å²) in [5.74, 6) is -0.285. The molecule has 0 aromatic heterocycles. The minimum atomic E-state index is -1.10. The summed E-state index contributed by atoms with van der Waals surface area (Å²) in [6.07, 6.45) is 1.69. The summed E-state index contributed by atoms with van der Waals surface area (Å²) in [6.45, 7) is 0.0985. The molecule has 1 aliphatic rings. The van der Waals surface area contributed by atoms with E-state index in [0.717, 1.165) is 0 Å². The number of benzene rings is 2. The van der Waals surface area contributed by atoms with Crippen LogP contribution in [0, 0.1) is 0 Å². The molecule has 24 heavy (non-hydrogen) atoms. The van der Waals surface area contributed by atoms with Crippen molar-refractivity contribution in [2.24, 2.45) is 0 Å².